The summed E-state index contributed by atoms with van der Waals surface area (Å²) in [7, 11) is 0. The van der Waals surface area contributed by atoms with E-state index in [0.29, 0.717) is 0 Å². The highest BCUT2D eigenvalue weighted by molar-refractivity contribution is 5.63. The van der Waals surface area contributed by atoms with E-state index in [9.17, 15) is 17.6 Å². The van der Waals surface area contributed by atoms with Gasteiger partial charge in [0.25, 0.3) is 0 Å². The molecule has 0 saturated heterocycles. The maximum absolute atomic E-state index is 13.0. The molecule has 2 rings (SSSR count). The van der Waals surface area contributed by atoms with Gasteiger partial charge in [-0.2, -0.15) is 0 Å². The standard InChI is InChI=1S/C12H8F4N2/c13-6-1-7(17)3-8(2-6)18-9-4-10(14)12(16)11(15)5-9/h1-5,18H,17H2. The van der Waals surface area contributed by atoms with Crippen molar-refractivity contribution in [3.8, 4) is 0 Å². The SMILES string of the molecule is Nc1cc(F)cc(Nc2cc(F)c(F)c(F)c2)c1. The molecule has 0 aromatic heterocycles. The van der Waals surface area contributed by atoms with Crippen LogP contribution in [-0.2, 0) is 0 Å². The van der Waals surface area contributed by atoms with Crippen LogP contribution >= 0.6 is 0 Å². The van der Waals surface area contributed by atoms with Crippen LogP contribution in [0.4, 0.5) is 34.6 Å². The van der Waals surface area contributed by atoms with Gasteiger partial charge in [0, 0.05) is 29.2 Å². The van der Waals surface area contributed by atoms with Crippen LogP contribution in [0.2, 0.25) is 0 Å². The number of halogens is 4. The molecule has 0 unspecified atom stereocenters. The molecule has 0 radical (unpaired) electrons. The first kappa shape index (κ1) is 12.2. The van der Waals surface area contributed by atoms with E-state index in [1.807, 2.05) is 0 Å². The van der Waals surface area contributed by atoms with E-state index >= 15 is 0 Å². The molecule has 2 nitrogen and oxygen atoms in total. The largest absolute Gasteiger partial charge is 0.399 e. The summed E-state index contributed by atoms with van der Waals surface area (Å²) in [4.78, 5) is 0. The van der Waals surface area contributed by atoms with Gasteiger partial charge in [0.05, 0.1) is 0 Å². The van der Waals surface area contributed by atoms with Gasteiger partial charge in [-0.25, -0.2) is 17.6 Å². The zero-order valence-corrected chi connectivity index (χ0v) is 8.98. The second kappa shape index (κ2) is 4.56. The first-order valence-electron chi connectivity index (χ1n) is 4.93. The van der Waals surface area contributed by atoms with Crippen LogP contribution in [0, 0.1) is 23.3 Å². The molecule has 0 spiro atoms. The predicted octanol–water partition coefficient (Wildman–Crippen LogP) is 3.57. The van der Waals surface area contributed by atoms with Crippen LogP contribution in [0.3, 0.4) is 0 Å². The molecule has 2 aromatic rings. The van der Waals surface area contributed by atoms with E-state index in [4.69, 9.17) is 5.73 Å². The van der Waals surface area contributed by atoms with Crippen molar-refractivity contribution in [2.45, 2.75) is 0 Å². The van der Waals surface area contributed by atoms with Crippen LogP contribution < -0.4 is 11.1 Å². The second-order valence-electron chi connectivity index (χ2n) is 3.65. The third-order valence-corrected chi connectivity index (χ3v) is 2.19. The average Bonchev–Trinajstić information content (AvgIpc) is 2.24. The van der Waals surface area contributed by atoms with Crippen molar-refractivity contribution < 1.29 is 17.6 Å². The Labute approximate surface area is 100 Å². The lowest BCUT2D eigenvalue weighted by molar-refractivity contribution is 0.448. The van der Waals surface area contributed by atoms with Gasteiger partial charge in [-0.3, -0.25) is 0 Å². The fourth-order valence-corrected chi connectivity index (χ4v) is 1.48. The van der Waals surface area contributed by atoms with Crippen LogP contribution in [0.25, 0.3) is 0 Å². The Morgan fingerprint density at radius 3 is 1.89 bits per heavy atom. The van der Waals surface area contributed by atoms with E-state index in [-0.39, 0.29) is 17.1 Å². The van der Waals surface area contributed by atoms with Gasteiger partial charge in [0.15, 0.2) is 17.5 Å². The van der Waals surface area contributed by atoms with Gasteiger partial charge in [-0.15, -0.1) is 0 Å². The van der Waals surface area contributed by atoms with Crippen LogP contribution in [0.1, 0.15) is 0 Å². The summed E-state index contributed by atoms with van der Waals surface area (Å²) in [5.41, 5.74) is 5.72. The number of hydrogen-bond donors (Lipinski definition) is 2. The van der Waals surface area contributed by atoms with E-state index < -0.39 is 23.3 Å². The molecule has 0 amide bonds. The van der Waals surface area contributed by atoms with E-state index in [1.54, 1.807) is 0 Å². The van der Waals surface area contributed by atoms with Crippen LogP contribution in [0.5, 0.6) is 0 Å². The molecular weight excluding hydrogens is 248 g/mol. The molecular formula is C12H8F4N2. The number of nitrogen functional groups attached to an aromatic ring is 1. The van der Waals surface area contributed by atoms with E-state index in [0.717, 1.165) is 24.3 Å². The van der Waals surface area contributed by atoms with E-state index in [2.05, 4.69) is 5.32 Å². The van der Waals surface area contributed by atoms with Gasteiger partial charge >= 0.3 is 0 Å². The summed E-state index contributed by atoms with van der Waals surface area (Å²) < 4.78 is 51.6. The predicted molar refractivity (Wildman–Crippen MR) is 60.4 cm³/mol. The van der Waals surface area contributed by atoms with Gasteiger partial charge in [-0.05, 0) is 18.2 Å². The quantitative estimate of drug-likeness (QED) is 0.489. The number of nitrogens with two attached hydrogens (primary N) is 1. The molecule has 2 aromatic carbocycles. The highest BCUT2D eigenvalue weighted by Crippen LogP contribution is 2.23. The van der Waals surface area contributed by atoms with Crippen molar-refractivity contribution in [3.05, 3.63) is 53.6 Å². The zero-order chi connectivity index (χ0) is 13.3. The van der Waals surface area contributed by atoms with Crippen LogP contribution in [-0.4, -0.2) is 0 Å². The third-order valence-electron chi connectivity index (χ3n) is 2.19. The Hall–Kier alpha value is -2.24. The fraction of sp³-hybridized carbons (Fsp3) is 0. The molecule has 6 heteroatoms. The Morgan fingerprint density at radius 2 is 1.33 bits per heavy atom. The molecule has 3 N–H and O–H groups in total. The molecule has 0 bridgehead atoms. The molecule has 0 aliphatic rings. The molecule has 94 valence electrons. The van der Waals surface area contributed by atoms with Gasteiger partial charge in [0.2, 0.25) is 0 Å². The molecule has 0 aliphatic carbocycles. The van der Waals surface area contributed by atoms with Gasteiger partial charge in [0.1, 0.15) is 5.82 Å². The topological polar surface area (TPSA) is 38.0 Å². The molecule has 0 atom stereocenters. The number of benzene rings is 2. The summed E-state index contributed by atoms with van der Waals surface area (Å²) in [5.74, 6) is -4.82. The maximum atomic E-state index is 13.0. The lowest BCUT2D eigenvalue weighted by Gasteiger charge is -2.08. The van der Waals surface area contributed by atoms with Crippen molar-refractivity contribution in [2.24, 2.45) is 0 Å². The van der Waals surface area contributed by atoms with Crippen molar-refractivity contribution in [2.75, 3.05) is 11.1 Å². The Kier molecular flexibility index (Phi) is 3.10. The summed E-state index contributed by atoms with van der Waals surface area (Å²) in [5, 5.41) is 2.53. The second-order valence-corrected chi connectivity index (χ2v) is 3.65. The lowest BCUT2D eigenvalue weighted by atomic mass is 10.2. The normalized spacial score (nSPS) is 10.4. The van der Waals surface area contributed by atoms with Crippen molar-refractivity contribution in [1.29, 1.82) is 0 Å². The molecule has 0 aliphatic heterocycles. The number of anilines is 3. The third kappa shape index (κ3) is 2.53. The average molecular weight is 256 g/mol. The van der Waals surface area contributed by atoms with Crippen molar-refractivity contribution in [3.63, 3.8) is 0 Å². The Morgan fingerprint density at radius 1 is 0.778 bits per heavy atom. The minimum atomic E-state index is -1.56. The summed E-state index contributed by atoms with van der Waals surface area (Å²) in [6.07, 6.45) is 0. The van der Waals surface area contributed by atoms with E-state index in [1.165, 1.54) is 6.07 Å². The van der Waals surface area contributed by atoms with Gasteiger partial charge in [-0.1, -0.05) is 0 Å². The maximum Gasteiger partial charge on any atom is 0.194 e. The van der Waals surface area contributed by atoms with Gasteiger partial charge < -0.3 is 11.1 Å². The highest BCUT2D eigenvalue weighted by atomic mass is 19.2. The minimum Gasteiger partial charge on any atom is -0.399 e. The smallest absolute Gasteiger partial charge is 0.194 e. The summed E-state index contributed by atoms with van der Waals surface area (Å²) in [6, 6.07) is 5.09. The lowest BCUT2D eigenvalue weighted by Crippen LogP contribution is -1.97. The summed E-state index contributed by atoms with van der Waals surface area (Å²) in [6.45, 7) is 0. The Balaban J connectivity index is 2.34. The fourth-order valence-electron chi connectivity index (χ4n) is 1.48. The number of rotatable bonds is 2. The molecule has 0 fully saturated rings. The Bertz CT molecular complexity index is 555. The monoisotopic (exact) mass is 256 g/mol. The van der Waals surface area contributed by atoms with Crippen molar-refractivity contribution >= 4 is 17.1 Å². The first-order valence-corrected chi connectivity index (χ1v) is 4.93. The first-order chi connectivity index (χ1) is 8.45. The number of nitrogens with one attached hydrogen (secondary N) is 1. The number of hydrogen-bond acceptors (Lipinski definition) is 2. The summed E-state index contributed by atoms with van der Waals surface area (Å²) >= 11 is 0. The highest BCUT2D eigenvalue weighted by Gasteiger charge is 2.10. The zero-order valence-electron chi connectivity index (χ0n) is 8.98. The minimum absolute atomic E-state index is 0.0450. The molecule has 18 heavy (non-hydrogen) atoms. The molecule has 0 saturated carbocycles. The molecule has 0 heterocycles. The van der Waals surface area contributed by atoms with Crippen molar-refractivity contribution in [1.82, 2.24) is 0 Å². The van der Waals surface area contributed by atoms with Crippen LogP contribution in [0.15, 0.2) is 30.3 Å².